The summed E-state index contributed by atoms with van der Waals surface area (Å²) in [6.45, 7) is 3.42. The van der Waals surface area contributed by atoms with Crippen LogP contribution in [0.4, 0.5) is 0 Å². The largest absolute Gasteiger partial charge is 0.382 e. The molecule has 0 spiro atoms. The Morgan fingerprint density at radius 1 is 1.28 bits per heavy atom. The number of ketones is 1. The molecule has 0 saturated carbocycles. The summed E-state index contributed by atoms with van der Waals surface area (Å²) in [5.74, 6) is -0.316. The third kappa shape index (κ3) is 6.95. The molecule has 25 heavy (non-hydrogen) atoms. The van der Waals surface area contributed by atoms with Crippen molar-refractivity contribution in [3.05, 3.63) is 39.9 Å². The fourth-order valence-corrected chi connectivity index (χ4v) is 3.05. The maximum absolute atomic E-state index is 12.2. The fourth-order valence-electron chi connectivity index (χ4n) is 2.28. The summed E-state index contributed by atoms with van der Waals surface area (Å²) >= 11 is 11.8. The number of hydrogen-bond donors (Lipinski definition) is 0. The Morgan fingerprint density at radius 2 is 1.96 bits per heavy atom. The van der Waals surface area contributed by atoms with Gasteiger partial charge < -0.3 is 8.92 Å². The zero-order valence-electron chi connectivity index (χ0n) is 13.7. The Hall–Kier alpha value is -1.12. The lowest BCUT2D eigenvalue weighted by molar-refractivity contribution is -0.115. The van der Waals surface area contributed by atoms with E-state index in [4.69, 9.17) is 32.1 Å². The summed E-state index contributed by atoms with van der Waals surface area (Å²) in [4.78, 5) is 14.4. The van der Waals surface area contributed by atoms with Gasteiger partial charge in [0.05, 0.1) is 29.5 Å². The number of benzene rings is 1. The number of carbonyl (C=O) groups excluding carboxylic acids is 1. The molecule has 0 aromatic heterocycles. The number of halogens is 2. The molecule has 1 fully saturated rings. The van der Waals surface area contributed by atoms with Crippen molar-refractivity contribution in [2.75, 3.05) is 39.1 Å². The second-order valence-electron chi connectivity index (χ2n) is 5.60. The van der Waals surface area contributed by atoms with Crippen molar-refractivity contribution in [2.45, 2.75) is 6.42 Å². The van der Waals surface area contributed by atoms with E-state index < -0.39 is 10.1 Å². The van der Waals surface area contributed by atoms with Gasteiger partial charge in [-0.25, -0.2) is 0 Å². The number of morpholine rings is 1. The molecule has 0 amide bonds. The first-order valence-corrected chi connectivity index (χ1v) is 10.2. The predicted octanol–water partition coefficient (Wildman–Crippen LogP) is 2.60. The highest BCUT2D eigenvalue weighted by Crippen LogP contribution is 2.27. The van der Waals surface area contributed by atoms with E-state index >= 15 is 0 Å². The van der Waals surface area contributed by atoms with Crippen LogP contribution >= 0.6 is 23.2 Å². The lowest BCUT2D eigenvalue weighted by Gasteiger charge is -2.25. The Balaban J connectivity index is 2.14. The number of rotatable bonds is 7. The molecule has 0 aliphatic carbocycles. The molecule has 0 radical (unpaired) electrons. The van der Waals surface area contributed by atoms with Crippen LogP contribution in [0, 0.1) is 0 Å². The zero-order chi connectivity index (χ0) is 18.4. The number of nitrogens with zero attached hydrogens (tertiary/aromatic N) is 1. The molecular weight excluding hydrogens is 389 g/mol. The number of carbonyl (C=O) groups is 1. The first kappa shape index (κ1) is 20.2. The summed E-state index contributed by atoms with van der Waals surface area (Å²) in [5, 5.41) is 0.561. The van der Waals surface area contributed by atoms with Gasteiger partial charge in [-0.1, -0.05) is 23.2 Å². The molecule has 1 heterocycles. The third-order valence-corrected chi connectivity index (χ3v) is 4.74. The molecular formula is C16H19Cl2NO5S. The van der Waals surface area contributed by atoms with Gasteiger partial charge in [-0.15, -0.1) is 0 Å². The van der Waals surface area contributed by atoms with Crippen molar-refractivity contribution in [2.24, 2.45) is 0 Å². The zero-order valence-corrected chi connectivity index (χ0v) is 16.0. The van der Waals surface area contributed by atoms with Gasteiger partial charge in [-0.2, -0.15) is 8.42 Å². The average molecular weight is 408 g/mol. The molecule has 0 N–H and O–H groups in total. The second kappa shape index (κ2) is 9.00. The molecule has 0 bridgehead atoms. The van der Waals surface area contributed by atoms with E-state index in [1.165, 1.54) is 18.2 Å². The third-order valence-electron chi connectivity index (χ3n) is 3.52. The Bertz CT molecular complexity index is 758. The lowest BCUT2D eigenvalue weighted by atomic mass is 10.1. The van der Waals surface area contributed by atoms with Crippen LogP contribution in [0.1, 0.15) is 12.0 Å². The first-order valence-electron chi connectivity index (χ1n) is 7.64. The lowest BCUT2D eigenvalue weighted by Crippen LogP contribution is -2.37. The molecule has 6 nitrogen and oxygen atoms in total. The molecule has 1 saturated heterocycles. The highest BCUT2D eigenvalue weighted by molar-refractivity contribution is 7.86. The van der Waals surface area contributed by atoms with Crippen LogP contribution in [0.3, 0.4) is 0 Å². The summed E-state index contributed by atoms with van der Waals surface area (Å²) in [5.41, 5.74) is 0.361. The van der Waals surface area contributed by atoms with Crippen molar-refractivity contribution in [1.82, 2.24) is 4.90 Å². The van der Waals surface area contributed by atoms with Crippen molar-refractivity contribution in [3.8, 4) is 0 Å². The van der Waals surface area contributed by atoms with Gasteiger partial charge in [0.25, 0.3) is 0 Å². The van der Waals surface area contributed by atoms with Gasteiger partial charge in [0.2, 0.25) is 0 Å². The smallest absolute Gasteiger partial charge is 0.306 e. The van der Waals surface area contributed by atoms with Crippen molar-refractivity contribution in [3.63, 3.8) is 0 Å². The molecule has 1 aliphatic rings. The monoisotopic (exact) mass is 407 g/mol. The quantitative estimate of drug-likeness (QED) is 0.392. The summed E-state index contributed by atoms with van der Waals surface area (Å²) in [6.07, 6.45) is 2.34. The Morgan fingerprint density at radius 3 is 2.56 bits per heavy atom. The van der Waals surface area contributed by atoms with E-state index in [1.54, 1.807) is 6.07 Å². The van der Waals surface area contributed by atoms with E-state index in [2.05, 4.69) is 4.90 Å². The van der Waals surface area contributed by atoms with Gasteiger partial charge >= 0.3 is 10.1 Å². The molecule has 9 heteroatoms. The van der Waals surface area contributed by atoms with Gasteiger partial charge in [0.15, 0.2) is 11.5 Å². The fraction of sp³-hybridized carbons (Fsp3) is 0.438. The van der Waals surface area contributed by atoms with E-state index in [9.17, 15) is 13.2 Å². The topological polar surface area (TPSA) is 72.9 Å². The van der Waals surface area contributed by atoms with Gasteiger partial charge in [0.1, 0.15) is 0 Å². The van der Waals surface area contributed by atoms with E-state index in [0.717, 1.165) is 19.3 Å². The first-order chi connectivity index (χ1) is 11.7. The van der Waals surface area contributed by atoms with Crippen LogP contribution in [-0.2, 0) is 23.8 Å². The molecule has 1 aliphatic heterocycles. The Kier molecular flexibility index (Phi) is 7.27. The molecule has 1 aromatic carbocycles. The minimum absolute atomic E-state index is 0.0759. The minimum atomic E-state index is -3.80. The average Bonchev–Trinajstić information content (AvgIpc) is 2.54. The number of allylic oxidation sites excluding steroid dienone is 1. The second-order valence-corrected chi connectivity index (χ2v) is 7.98. The van der Waals surface area contributed by atoms with Crippen LogP contribution in [0.25, 0.3) is 5.76 Å². The predicted molar refractivity (Wildman–Crippen MR) is 97.3 cm³/mol. The maximum Gasteiger partial charge on any atom is 0.306 e. The Labute approximate surface area is 157 Å². The summed E-state index contributed by atoms with van der Waals surface area (Å²) in [7, 11) is -3.80. The highest BCUT2D eigenvalue weighted by Gasteiger charge is 2.16. The van der Waals surface area contributed by atoms with E-state index in [1.807, 2.05) is 0 Å². The number of ether oxygens (including phenoxy) is 1. The van der Waals surface area contributed by atoms with Crippen LogP contribution < -0.4 is 0 Å². The number of hydrogen-bond acceptors (Lipinski definition) is 6. The van der Waals surface area contributed by atoms with Crippen LogP contribution in [0.5, 0.6) is 0 Å². The molecule has 0 unspecified atom stereocenters. The molecule has 0 atom stereocenters. The van der Waals surface area contributed by atoms with Gasteiger partial charge in [-0.3, -0.25) is 9.69 Å². The van der Waals surface area contributed by atoms with Crippen molar-refractivity contribution < 1.29 is 22.1 Å². The SMILES string of the molecule is CS(=O)(=O)O/C(=C\C(=O)CCN1CCOCC1)c1ccc(Cl)c(Cl)c1. The summed E-state index contributed by atoms with van der Waals surface area (Å²) in [6, 6.07) is 4.51. The van der Waals surface area contributed by atoms with Crippen LogP contribution in [0.2, 0.25) is 10.0 Å². The molecule has 2 rings (SSSR count). The minimum Gasteiger partial charge on any atom is -0.382 e. The van der Waals surface area contributed by atoms with Crippen molar-refractivity contribution in [1.29, 1.82) is 0 Å². The van der Waals surface area contributed by atoms with Crippen LogP contribution in [0.15, 0.2) is 24.3 Å². The van der Waals surface area contributed by atoms with E-state index in [0.29, 0.717) is 30.3 Å². The summed E-state index contributed by atoms with van der Waals surface area (Å²) < 4.78 is 33.2. The van der Waals surface area contributed by atoms with Crippen molar-refractivity contribution >= 4 is 44.9 Å². The van der Waals surface area contributed by atoms with E-state index in [-0.39, 0.29) is 23.0 Å². The normalized spacial score (nSPS) is 16.7. The maximum atomic E-state index is 12.2. The molecule has 138 valence electrons. The van der Waals surface area contributed by atoms with Gasteiger partial charge in [0, 0.05) is 37.7 Å². The van der Waals surface area contributed by atoms with Crippen LogP contribution in [-0.4, -0.2) is 58.2 Å². The standard InChI is InChI=1S/C16H19Cl2NO5S/c1-25(21,22)24-16(12-2-3-14(17)15(18)10-12)11-13(20)4-5-19-6-8-23-9-7-19/h2-3,10-11H,4-9H2,1H3/b16-11-. The highest BCUT2D eigenvalue weighted by atomic mass is 35.5. The van der Waals surface area contributed by atoms with Gasteiger partial charge in [-0.05, 0) is 18.2 Å². The molecule has 1 aromatic rings.